The fraction of sp³-hybridized carbons (Fsp3) is 0.286. The molecule has 1 aliphatic heterocycles. The zero-order valence-electron chi connectivity index (χ0n) is 15.5. The molecule has 0 saturated heterocycles. The van der Waals surface area contributed by atoms with E-state index in [4.69, 9.17) is 0 Å². The van der Waals surface area contributed by atoms with Crippen LogP contribution in [0.1, 0.15) is 36.7 Å². The van der Waals surface area contributed by atoms with Gasteiger partial charge in [0.25, 0.3) is 0 Å². The Bertz CT molecular complexity index is 919. The number of nitrogens with zero attached hydrogens (tertiary/aromatic N) is 3. The Morgan fingerprint density at radius 3 is 2.22 bits per heavy atom. The first kappa shape index (κ1) is 17.8. The highest BCUT2D eigenvalue weighted by molar-refractivity contribution is 7.99. The lowest BCUT2D eigenvalue weighted by atomic mass is 10.0. The number of aromatic nitrogens is 3. The lowest BCUT2D eigenvalue weighted by Crippen LogP contribution is -2.28. The molecule has 0 radical (unpaired) electrons. The van der Waals surface area contributed by atoms with Crippen molar-refractivity contribution in [2.75, 3.05) is 10.7 Å². The van der Waals surface area contributed by atoms with E-state index in [9.17, 15) is 4.79 Å². The molecule has 3 aromatic rings. The van der Waals surface area contributed by atoms with Crippen molar-refractivity contribution < 1.29 is 4.79 Å². The lowest BCUT2D eigenvalue weighted by molar-refractivity contribution is -0.115. The number of nitrogens with one attached hydrogen (secondary N) is 1. The molecule has 2 heterocycles. The Hall–Kier alpha value is -2.60. The number of hydrogen-bond acceptors (Lipinski definition) is 4. The number of H-pyrrole nitrogens is 1. The number of carbonyl (C=O) groups excluding carboxylic acids is 1. The quantitative estimate of drug-likeness (QED) is 0.680. The van der Waals surface area contributed by atoms with Crippen LogP contribution in [-0.2, 0) is 17.6 Å². The van der Waals surface area contributed by atoms with Gasteiger partial charge in [-0.15, -0.1) is 5.10 Å². The molecule has 0 fully saturated rings. The maximum absolute atomic E-state index is 13.2. The van der Waals surface area contributed by atoms with E-state index in [1.165, 1.54) is 22.9 Å². The van der Waals surface area contributed by atoms with Gasteiger partial charge in [-0.2, -0.15) is 0 Å². The van der Waals surface area contributed by atoms with Gasteiger partial charge in [-0.25, -0.2) is 4.98 Å². The number of hydrogen-bond donors (Lipinski definition) is 1. The summed E-state index contributed by atoms with van der Waals surface area (Å²) in [4.78, 5) is 19.6. The van der Waals surface area contributed by atoms with Crippen molar-refractivity contribution in [1.29, 1.82) is 0 Å². The maximum atomic E-state index is 13.2. The summed E-state index contributed by atoms with van der Waals surface area (Å²) in [6, 6.07) is 16.3. The number of thioether (sulfide) groups is 1. The van der Waals surface area contributed by atoms with Crippen molar-refractivity contribution in [3.63, 3.8) is 0 Å². The van der Waals surface area contributed by atoms with Gasteiger partial charge in [0.05, 0.1) is 17.1 Å². The average molecular weight is 379 g/mol. The van der Waals surface area contributed by atoms with Crippen LogP contribution < -0.4 is 4.90 Å². The minimum Gasteiger partial charge on any atom is -0.280 e. The Morgan fingerprint density at radius 2 is 1.67 bits per heavy atom. The summed E-state index contributed by atoms with van der Waals surface area (Å²) < 4.78 is 0. The third kappa shape index (κ3) is 3.62. The fourth-order valence-corrected chi connectivity index (χ4v) is 3.98. The summed E-state index contributed by atoms with van der Waals surface area (Å²) in [6.45, 7) is 4.12. The molecule has 5 nitrogen and oxygen atoms in total. The van der Waals surface area contributed by atoms with Crippen molar-refractivity contribution in [1.82, 2.24) is 15.2 Å². The van der Waals surface area contributed by atoms with E-state index in [-0.39, 0.29) is 17.6 Å². The van der Waals surface area contributed by atoms with Gasteiger partial charge in [0.15, 0.2) is 0 Å². The first-order chi connectivity index (χ1) is 13.1. The van der Waals surface area contributed by atoms with E-state index in [1.807, 2.05) is 41.3 Å². The predicted molar refractivity (Wildman–Crippen MR) is 109 cm³/mol. The molecule has 27 heavy (non-hydrogen) atoms. The van der Waals surface area contributed by atoms with Crippen LogP contribution in [0.15, 0.2) is 53.7 Å². The minimum absolute atomic E-state index is 0.0395. The molecule has 1 aromatic heterocycles. The molecule has 1 aliphatic rings. The van der Waals surface area contributed by atoms with Crippen LogP contribution in [0.4, 0.5) is 11.4 Å². The summed E-state index contributed by atoms with van der Waals surface area (Å²) in [6.07, 6.45) is 1.87. The Kier molecular flexibility index (Phi) is 4.99. The molecule has 2 aromatic carbocycles. The monoisotopic (exact) mass is 378 g/mol. The van der Waals surface area contributed by atoms with Crippen LogP contribution in [0.2, 0.25) is 0 Å². The number of aryl methyl sites for hydroxylation is 2. The smallest absolute Gasteiger partial charge is 0.242 e. The van der Waals surface area contributed by atoms with Gasteiger partial charge in [0.2, 0.25) is 11.1 Å². The first-order valence-electron chi connectivity index (χ1n) is 9.17. The third-order valence-corrected chi connectivity index (χ3v) is 5.56. The second kappa shape index (κ2) is 7.56. The van der Waals surface area contributed by atoms with Crippen LogP contribution in [0.25, 0.3) is 0 Å². The number of para-hydroxylation sites is 2. The summed E-state index contributed by atoms with van der Waals surface area (Å²) in [5, 5.41) is 7.77. The number of fused-ring (bicyclic) bond motifs is 2. The minimum atomic E-state index is 0.0395. The molecule has 0 aliphatic carbocycles. The van der Waals surface area contributed by atoms with E-state index in [1.54, 1.807) is 0 Å². The number of amides is 1. The highest BCUT2D eigenvalue weighted by atomic mass is 32.2. The highest BCUT2D eigenvalue weighted by Crippen LogP contribution is 2.36. The van der Waals surface area contributed by atoms with Gasteiger partial charge in [-0.05, 0) is 36.1 Å². The Balaban J connectivity index is 1.62. The van der Waals surface area contributed by atoms with Gasteiger partial charge in [-0.3, -0.25) is 14.8 Å². The second-order valence-electron chi connectivity index (χ2n) is 6.93. The molecule has 1 amide bonds. The van der Waals surface area contributed by atoms with Gasteiger partial charge in [-0.1, -0.05) is 62.0 Å². The normalized spacial score (nSPS) is 13.2. The molecular weight excluding hydrogens is 356 g/mol. The van der Waals surface area contributed by atoms with E-state index >= 15 is 0 Å². The van der Waals surface area contributed by atoms with Crippen LogP contribution >= 0.6 is 11.8 Å². The SMILES string of the molecule is CC(C)c1nc(SCC(=O)N2c3ccccc3CCc3ccccc32)n[nH]1. The molecule has 6 heteroatoms. The van der Waals surface area contributed by atoms with Crippen molar-refractivity contribution in [2.24, 2.45) is 0 Å². The first-order valence-corrected chi connectivity index (χ1v) is 10.2. The second-order valence-corrected chi connectivity index (χ2v) is 7.88. The summed E-state index contributed by atoms with van der Waals surface area (Å²) in [5.41, 5.74) is 4.36. The maximum Gasteiger partial charge on any atom is 0.242 e. The molecule has 0 unspecified atom stereocenters. The number of aromatic amines is 1. The van der Waals surface area contributed by atoms with Gasteiger partial charge in [0.1, 0.15) is 5.82 Å². The summed E-state index contributed by atoms with van der Waals surface area (Å²) >= 11 is 1.37. The van der Waals surface area contributed by atoms with Crippen molar-refractivity contribution in [3.05, 3.63) is 65.5 Å². The zero-order valence-corrected chi connectivity index (χ0v) is 16.3. The van der Waals surface area contributed by atoms with E-state index in [0.717, 1.165) is 30.0 Å². The average Bonchev–Trinajstić information content (AvgIpc) is 3.09. The fourth-order valence-electron chi connectivity index (χ4n) is 3.32. The molecule has 4 rings (SSSR count). The van der Waals surface area contributed by atoms with Crippen LogP contribution in [0.5, 0.6) is 0 Å². The molecule has 0 spiro atoms. The van der Waals surface area contributed by atoms with Gasteiger partial charge in [0, 0.05) is 5.92 Å². The molecular formula is C21H22N4OS. The molecule has 138 valence electrons. The van der Waals surface area contributed by atoms with Gasteiger partial charge >= 0.3 is 0 Å². The number of benzene rings is 2. The van der Waals surface area contributed by atoms with Crippen molar-refractivity contribution in [3.8, 4) is 0 Å². The molecule has 0 bridgehead atoms. The summed E-state index contributed by atoms with van der Waals surface area (Å²) in [7, 11) is 0. The third-order valence-electron chi connectivity index (χ3n) is 4.73. The van der Waals surface area contributed by atoms with E-state index in [2.05, 4.69) is 41.2 Å². The number of rotatable bonds is 4. The highest BCUT2D eigenvalue weighted by Gasteiger charge is 2.25. The lowest BCUT2D eigenvalue weighted by Gasteiger charge is -2.24. The van der Waals surface area contributed by atoms with Gasteiger partial charge < -0.3 is 0 Å². The Labute approximate surface area is 163 Å². The largest absolute Gasteiger partial charge is 0.280 e. The van der Waals surface area contributed by atoms with E-state index < -0.39 is 0 Å². The molecule has 0 saturated carbocycles. The molecule has 1 N–H and O–H groups in total. The van der Waals surface area contributed by atoms with Crippen molar-refractivity contribution in [2.45, 2.75) is 37.8 Å². The van der Waals surface area contributed by atoms with Crippen LogP contribution in [0.3, 0.4) is 0 Å². The standard InChI is InChI=1S/C21H22N4OS/c1-14(2)20-22-21(24-23-20)27-13-19(26)25-17-9-5-3-7-15(17)11-12-16-8-4-6-10-18(16)25/h3-10,14H,11-13H2,1-2H3,(H,22,23,24). The Morgan fingerprint density at radius 1 is 1.07 bits per heavy atom. The van der Waals surface area contributed by atoms with Crippen LogP contribution in [0, 0.1) is 0 Å². The topological polar surface area (TPSA) is 61.9 Å². The molecule has 0 atom stereocenters. The predicted octanol–water partition coefficient (Wildman–Crippen LogP) is 4.48. The summed E-state index contributed by atoms with van der Waals surface area (Å²) in [5.74, 6) is 1.46. The van der Waals surface area contributed by atoms with E-state index in [0.29, 0.717) is 5.16 Å². The van der Waals surface area contributed by atoms with Crippen molar-refractivity contribution >= 4 is 29.0 Å². The number of carbonyl (C=O) groups is 1. The number of anilines is 2. The zero-order chi connectivity index (χ0) is 18.8. The van der Waals surface area contributed by atoms with Crippen LogP contribution in [-0.4, -0.2) is 26.8 Å².